The molecule has 0 heterocycles. The summed E-state index contributed by atoms with van der Waals surface area (Å²) in [5.41, 5.74) is 1.99. The lowest BCUT2D eigenvalue weighted by atomic mass is 10.2. The van der Waals surface area contributed by atoms with Crippen molar-refractivity contribution in [3.8, 4) is 5.75 Å². The third-order valence-corrected chi connectivity index (χ3v) is 2.51. The number of hydrogen-bond donors (Lipinski definition) is 1. The monoisotopic (exact) mass is 227 g/mol. The molecule has 0 saturated carbocycles. The zero-order valence-corrected chi connectivity index (χ0v) is 9.50. The third kappa shape index (κ3) is 2.64. The standard InChI is InChI=1S/C14H13NO2/c1-11-7-8-13(9-14(11)16)15(17)10-12-5-3-2-4-6-12/h2-10,16H,1H3. The van der Waals surface area contributed by atoms with Gasteiger partial charge in [0.05, 0.1) is 6.07 Å². The summed E-state index contributed by atoms with van der Waals surface area (Å²) in [6.07, 6.45) is 1.48. The predicted molar refractivity (Wildman–Crippen MR) is 67.7 cm³/mol. The summed E-state index contributed by atoms with van der Waals surface area (Å²) in [5, 5.41) is 21.4. The molecular weight excluding hydrogens is 214 g/mol. The van der Waals surface area contributed by atoms with E-state index in [-0.39, 0.29) is 5.75 Å². The molecule has 86 valence electrons. The van der Waals surface area contributed by atoms with Crippen molar-refractivity contribution in [1.29, 1.82) is 0 Å². The second-order valence-corrected chi connectivity index (χ2v) is 3.84. The SMILES string of the molecule is Cc1ccc([N+]([O-])=Cc2ccccc2)cc1O. The fraction of sp³-hybridized carbons (Fsp3) is 0.0714. The highest BCUT2D eigenvalue weighted by molar-refractivity contribution is 5.76. The Labute approximate surface area is 99.9 Å². The molecule has 0 fully saturated rings. The molecule has 0 spiro atoms. The molecule has 0 amide bonds. The summed E-state index contributed by atoms with van der Waals surface area (Å²) in [5.74, 6) is 0.129. The maximum atomic E-state index is 11.8. The molecule has 0 aliphatic carbocycles. The van der Waals surface area contributed by atoms with Crippen LogP contribution < -0.4 is 0 Å². The molecule has 2 aromatic rings. The number of rotatable bonds is 2. The predicted octanol–water partition coefficient (Wildman–Crippen LogP) is 2.96. The molecule has 0 saturated heterocycles. The van der Waals surface area contributed by atoms with Gasteiger partial charge in [-0.1, -0.05) is 18.2 Å². The third-order valence-electron chi connectivity index (χ3n) is 2.51. The fourth-order valence-corrected chi connectivity index (χ4v) is 1.48. The van der Waals surface area contributed by atoms with Gasteiger partial charge in [-0.25, -0.2) is 0 Å². The lowest BCUT2D eigenvalue weighted by molar-refractivity contribution is -0.354. The Balaban J connectivity index is 2.34. The molecule has 0 radical (unpaired) electrons. The summed E-state index contributed by atoms with van der Waals surface area (Å²) in [6, 6.07) is 14.2. The Morgan fingerprint density at radius 3 is 2.47 bits per heavy atom. The quantitative estimate of drug-likeness (QED) is 0.371. The summed E-state index contributed by atoms with van der Waals surface area (Å²) in [4.78, 5) is 0. The molecule has 0 unspecified atom stereocenters. The highest BCUT2D eigenvalue weighted by Gasteiger charge is 2.05. The van der Waals surface area contributed by atoms with E-state index in [0.29, 0.717) is 5.69 Å². The molecule has 1 N–H and O–H groups in total. The molecule has 0 bridgehead atoms. The summed E-state index contributed by atoms with van der Waals surface area (Å²) in [7, 11) is 0. The van der Waals surface area contributed by atoms with Gasteiger partial charge in [0, 0.05) is 11.6 Å². The van der Waals surface area contributed by atoms with E-state index in [1.54, 1.807) is 19.1 Å². The molecule has 0 aromatic heterocycles. The van der Waals surface area contributed by atoms with E-state index in [1.807, 2.05) is 30.3 Å². The smallest absolute Gasteiger partial charge is 0.220 e. The Kier molecular flexibility index (Phi) is 3.10. The molecule has 17 heavy (non-hydrogen) atoms. The van der Waals surface area contributed by atoms with Crippen LogP contribution >= 0.6 is 0 Å². The first-order valence-electron chi connectivity index (χ1n) is 5.33. The summed E-state index contributed by atoms with van der Waals surface area (Å²) in [6.45, 7) is 1.79. The number of hydrogen-bond acceptors (Lipinski definition) is 2. The molecule has 2 rings (SSSR count). The first kappa shape index (κ1) is 11.2. The lowest BCUT2D eigenvalue weighted by Gasteiger charge is -2.04. The van der Waals surface area contributed by atoms with E-state index >= 15 is 0 Å². The zero-order chi connectivity index (χ0) is 12.3. The second-order valence-electron chi connectivity index (χ2n) is 3.84. The van der Waals surface area contributed by atoms with Crippen molar-refractivity contribution in [1.82, 2.24) is 0 Å². The normalized spacial score (nSPS) is 11.5. The van der Waals surface area contributed by atoms with Gasteiger partial charge >= 0.3 is 0 Å². The van der Waals surface area contributed by atoms with Crippen LogP contribution in [-0.2, 0) is 0 Å². The topological polar surface area (TPSA) is 46.3 Å². The maximum Gasteiger partial charge on any atom is 0.220 e. The van der Waals surface area contributed by atoms with E-state index in [0.717, 1.165) is 15.9 Å². The molecule has 0 atom stereocenters. The highest BCUT2D eigenvalue weighted by atomic mass is 16.5. The highest BCUT2D eigenvalue weighted by Crippen LogP contribution is 2.22. The van der Waals surface area contributed by atoms with Crippen molar-refractivity contribution in [2.45, 2.75) is 6.92 Å². The maximum absolute atomic E-state index is 11.8. The minimum absolute atomic E-state index is 0.129. The summed E-state index contributed by atoms with van der Waals surface area (Å²) >= 11 is 0. The van der Waals surface area contributed by atoms with E-state index in [1.165, 1.54) is 12.3 Å². The van der Waals surface area contributed by atoms with E-state index < -0.39 is 0 Å². The Morgan fingerprint density at radius 1 is 1.12 bits per heavy atom. The molecule has 3 heteroatoms. The van der Waals surface area contributed by atoms with E-state index in [4.69, 9.17) is 0 Å². The fourth-order valence-electron chi connectivity index (χ4n) is 1.48. The Hall–Kier alpha value is -2.29. The number of benzene rings is 2. The van der Waals surface area contributed by atoms with Gasteiger partial charge in [0.2, 0.25) is 5.69 Å². The first-order chi connectivity index (χ1) is 8.16. The molecule has 0 aliphatic heterocycles. The molecule has 3 nitrogen and oxygen atoms in total. The van der Waals surface area contributed by atoms with E-state index in [9.17, 15) is 10.3 Å². The van der Waals surface area contributed by atoms with Gasteiger partial charge in [-0.3, -0.25) is 0 Å². The van der Waals surface area contributed by atoms with Crippen LogP contribution in [0.25, 0.3) is 0 Å². The molecule has 0 aliphatic rings. The van der Waals surface area contributed by atoms with Crippen molar-refractivity contribution in [3.63, 3.8) is 0 Å². The minimum Gasteiger partial charge on any atom is -0.618 e. The lowest BCUT2D eigenvalue weighted by Crippen LogP contribution is -1.98. The number of phenolic OH excluding ortho intramolecular Hbond substituents is 1. The first-order valence-corrected chi connectivity index (χ1v) is 5.33. The van der Waals surface area contributed by atoms with Crippen molar-refractivity contribution >= 4 is 11.9 Å². The average molecular weight is 227 g/mol. The summed E-state index contributed by atoms with van der Waals surface area (Å²) < 4.78 is 0.745. The van der Waals surface area contributed by atoms with Gasteiger partial charge in [-0.2, -0.15) is 4.74 Å². The van der Waals surface area contributed by atoms with Crippen molar-refractivity contribution in [2.75, 3.05) is 0 Å². The largest absolute Gasteiger partial charge is 0.618 e. The van der Waals surface area contributed by atoms with Gasteiger partial charge < -0.3 is 10.3 Å². The number of aromatic hydroxyl groups is 1. The van der Waals surface area contributed by atoms with Gasteiger partial charge in [0.25, 0.3) is 0 Å². The van der Waals surface area contributed by atoms with Crippen molar-refractivity contribution < 1.29 is 9.85 Å². The number of phenols is 1. The minimum atomic E-state index is 0.129. The van der Waals surface area contributed by atoms with Crippen molar-refractivity contribution in [2.24, 2.45) is 0 Å². The van der Waals surface area contributed by atoms with Gasteiger partial charge in [0.15, 0.2) is 6.21 Å². The van der Waals surface area contributed by atoms with Crippen LogP contribution in [0.3, 0.4) is 0 Å². The van der Waals surface area contributed by atoms with Crippen LogP contribution in [-0.4, -0.2) is 16.1 Å². The number of nitrogens with zero attached hydrogens (tertiary/aromatic N) is 1. The number of aryl methyl sites for hydroxylation is 1. The van der Waals surface area contributed by atoms with Gasteiger partial charge in [-0.15, -0.1) is 0 Å². The second kappa shape index (κ2) is 4.70. The van der Waals surface area contributed by atoms with E-state index in [2.05, 4.69) is 0 Å². The Bertz CT molecular complexity index is 547. The zero-order valence-electron chi connectivity index (χ0n) is 9.50. The van der Waals surface area contributed by atoms with Gasteiger partial charge in [-0.05, 0) is 30.7 Å². The van der Waals surface area contributed by atoms with Crippen LogP contribution in [0.5, 0.6) is 5.75 Å². The molecule has 2 aromatic carbocycles. The van der Waals surface area contributed by atoms with Crippen LogP contribution in [0, 0.1) is 12.1 Å². The average Bonchev–Trinajstić information content (AvgIpc) is 2.34. The molecular formula is C14H13NO2. The Morgan fingerprint density at radius 2 is 1.82 bits per heavy atom. The van der Waals surface area contributed by atoms with Gasteiger partial charge in [0.1, 0.15) is 5.75 Å². The van der Waals surface area contributed by atoms with Crippen LogP contribution in [0.4, 0.5) is 5.69 Å². The van der Waals surface area contributed by atoms with Crippen molar-refractivity contribution in [3.05, 3.63) is 64.9 Å². The van der Waals surface area contributed by atoms with Crippen LogP contribution in [0.2, 0.25) is 0 Å². The van der Waals surface area contributed by atoms with Crippen LogP contribution in [0.15, 0.2) is 48.5 Å². The van der Waals surface area contributed by atoms with Crippen LogP contribution in [0.1, 0.15) is 11.1 Å².